The van der Waals surface area contributed by atoms with Crippen molar-refractivity contribution in [2.45, 2.75) is 31.4 Å². The van der Waals surface area contributed by atoms with Gasteiger partial charge in [-0.05, 0) is 49.2 Å². The highest BCUT2D eigenvalue weighted by Crippen LogP contribution is 2.58. The first-order chi connectivity index (χ1) is 12.5. The van der Waals surface area contributed by atoms with Gasteiger partial charge in [-0.25, -0.2) is 18.4 Å². The largest absolute Gasteiger partial charge is 0.478 e. The van der Waals surface area contributed by atoms with Crippen LogP contribution in [0.5, 0.6) is 0 Å². The molecule has 4 nitrogen and oxygen atoms in total. The Bertz CT molecular complexity index is 904. The average Bonchev–Trinajstić information content (AvgIpc) is 2.73. The number of halogens is 5. The Morgan fingerprint density at radius 1 is 1.19 bits per heavy atom. The van der Waals surface area contributed by atoms with Gasteiger partial charge in [0.05, 0.1) is 5.56 Å². The number of hydrogen-bond donors (Lipinski definition) is 1. The molecule has 0 radical (unpaired) electrons. The molecule has 0 spiro atoms. The molecule has 2 aromatic rings. The van der Waals surface area contributed by atoms with Crippen LogP contribution in [0.1, 0.15) is 40.0 Å². The molecule has 9 heteroatoms. The average molecular weight is 437 g/mol. The van der Waals surface area contributed by atoms with Crippen molar-refractivity contribution < 1.29 is 23.5 Å². The lowest BCUT2D eigenvalue weighted by atomic mass is 9.83. The van der Waals surface area contributed by atoms with Crippen LogP contribution in [0, 0.1) is 6.92 Å². The Balaban J connectivity index is 2.12. The summed E-state index contributed by atoms with van der Waals surface area (Å²) in [4.78, 5) is 16.4. The maximum atomic E-state index is 15.8. The molecule has 2 aromatic carbocycles. The highest BCUT2D eigenvalue weighted by molar-refractivity contribution is 6.34. The van der Waals surface area contributed by atoms with Gasteiger partial charge in [-0.3, -0.25) is 0 Å². The zero-order valence-electron chi connectivity index (χ0n) is 14.1. The van der Waals surface area contributed by atoms with Crippen LogP contribution < -0.4 is 0 Å². The molecule has 1 heterocycles. The number of alkyl halides is 2. The first-order valence-corrected chi connectivity index (χ1v) is 8.89. The molecule has 1 fully saturated rings. The Kier molecular flexibility index (Phi) is 5.16. The van der Waals surface area contributed by atoms with Crippen molar-refractivity contribution >= 4 is 40.9 Å². The minimum atomic E-state index is -3.00. The van der Waals surface area contributed by atoms with Gasteiger partial charge >= 0.3 is 5.97 Å². The number of aryl methyl sites for hydroxylation is 1. The van der Waals surface area contributed by atoms with E-state index in [9.17, 15) is 9.90 Å². The summed E-state index contributed by atoms with van der Waals surface area (Å²) in [7, 11) is 0. The molecule has 3 atom stereocenters. The number of hydrogen-bond acceptors (Lipinski definition) is 3. The van der Waals surface area contributed by atoms with Crippen molar-refractivity contribution in [3.05, 3.63) is 68.7 Å². The molecule has 0 saturated carbocycles. The van der Waals surface area contributed by atoms with Crippen LogP contribution in [-0.4, -0.2) is 21.3 Å². The van der Waals surface area contributed by atoms with E-state index in [1.807, 2.05) is 0 Å². The normalized spacial score (nSPS) is 28.5. The second-order valence-electron chi connectivity index (χ2n) is 6.47. The van der Waals surface area contributed by atoms with Gasteiger partial charge in [-0.15, -0.1) is 0 Å². The monoisotopic (exact) mass is 435 g/mol. The lowest BCUT2D eigenvalue weighted by Gasteiger charge is -2.30. The summed E-state index contributed by atoms with van der Waals surface area (Å²) < 4.78 is 32.1. The topological polar surface area (TPSA) is 49.8 Å². The van der Waals surface area contributed by atoms with Gasteiger partial charge in [-0.1, -0.05) is 39.9 Å². The maximum absolute atomic E-state index is 15.8. The van der Waals surface area contributed by atoms with Gasteiger partial charge in [0.2, 0.25) is 0 Å². The standard InChI is InChI=1S/C18H14Cl3F2NO3/c1-9-3-4-10(5-14(9)16(25)26)15-17(2,22)18(23,27-24(15)21)11-6-12(19)8-13(20)7-11/h3-8,15H,1-2H3,(H,25,26). The third-order valence-electron chi connectivity index (χ3n) is 4.60. The fraction of sp³-hybridized carbons (Fsp3) is 0.278. The van der Waals surface area contributed by atoms with E-state index in [2.05, 4.69) is 0 Å². The predicted molar refractivity (Wildman–Crippen MR) is 98.4 cm³/mol. The van der Waals surface area contributed by atoms with Crippen molar-refractivity contribution in [1.29, 1.82) is 0 Å². The molecular formula is C18H14Cl3F2NO3. The molecule has 1 aliphatic heterocycles. The minimum absolute atomic E-state index is 0.0458. The van der Waals surface area contributed by atoms with Crippen molar-refractivity contribution in [2.24, 2.45) is 0 Å². The van der Waals surface area contributed by atoms with Crippen molar-refractivity contribution in [2.75, 3.05) is 0 Å². The number of nitrogens with zero attached hydrogens (tertiary/aromatic N) is 1. The third kappa shape index (κ3) is 3.30. The van der Waals surface area contributed by atoms with E-state index in [0.29, 0.717) is 10.1 Å². The fourth-order valence-electron chi connectivity index (χ4n) is 3.17. The molecule has 3 rings (SSSR count). The van der Waals surface area contributed by atoms with Crippen molar-refractivity contribution in [3.63, 3.8) is 0 Å². The second-order valence-corrected chi connectivity index (χ2v) is 7.68. The molecule has 1 aliphatic rings. The Hall–Kier alpha value is -1.44. The van der Waals surface area contributed by atoms with Crippen LogP contribution in [0.2, 0.25) is 10.0 Å². The molecule has 27 heavy (non-hydrogen) atoms. The van der Waals surface area contributed by atoms with Crippen molar-refractivity contribution in [1.82, 2.24) is 4.58 Å². The number of carboxylic acids is 1. The zero-order valence-corrected chi connectivity index (χ0v) is 16.4. The quantitative estimate of drug-likeness (QED) is 0.600. The first-order valence-electron chi connectivity index (χ1n) is 7.80. The van der Waals surface area contributed by atoms with Crippen LogP contribution in [0.3, 0.4) is 0 Å². The predicted octanol–water partition coefficient (Wildman–Crippen LogP) is 5.99. The van der Waals surface area contributed by atoms with Crippen molar-refractivity contribution in [3.8, 4) is 0 Å². The lowest BCUT2D eigenvalue weighted by Crippen LogP contribution is -2.42. The summed E-state index contributed by atoms with van der Waals surface area (Å²) in [5, 5.41) is 9.49. The number of rotatable bonds is 3. The molecule has 144 valence electrons. The highest BCUT2D eigenvalue weighted by atomic mass is 35.5. The van der Waals surface area contributed by atoms with E-state index in [1.54, 1.807) is 6.92 Å². The molecule has 0 aromatic heterocycles. The van der Waals surface area contributed by atoms with Gasteiger partial charge < -0.3 is 5.11 Å². The summed E-state index contributed by atoms with van der Waals surface area (Å²) in [5.41, 5.74) is -2.38. The number of benzene rings is 2. The highest BCUT2D eigenvalue weighted by Gasteiger charge is 2.67. The van der Waals surface area contributed by atoms with Gasteiger partial charge in [0.15, 0.2) is 5.67 Å². The molecular weight excluding hydrogens is 423 g/mol. The van der Waals surface area contributed by atoms with E-state index in [1.165, 1.54) is 36.4 Å². The summed E-state index contributed by atoms with van der Waals surface area (Å²) in [6.07, 6.45) is 0. The van der Waals surface area contributed by atoms with Crippen LogP contribution in [-0.2, 0) is 10.7 Å². The summed E-state index contributed by atoms with van der Waals surface area (Å²) >= 11 is 17.8. The van der Waals surface area contributed by atoms with Gasteiger partial charge in [0, 0.05) is 27.4 Å². The minimum Gasteiger partial charge on any atom is -0.478 e. The summed E-state index contributed by atoms with van der Waals surface area (Å²) in [6, 6.07) is 6.53. The third-order valence-corrected chi connectivity index (χ3v) is 5.30. The molecule has 0 bridgehead atoms. The number of hydroxylamine groups is 1. The van der Waals surface area contributed by atoms with Crippen LogP contribution >= 0.6 is 35.0 Å². The van der Waals surface area contributed by atoms with Gasteiger partial charge in [-0.2, -0.15) is 0 Å². The smallest absolute Gasteiger partial charge is 0.335 e. The fourth-order valence-corrected chi connectivity index (χ4v) is 4.09. The van der Waals surface area contributed by atoms with Crippen LogP contribution in [0.4, 0.5) is 8.78 Å². The van der Waals surface area contributed by atoms with E-state index in [-0.39, 0.29) is 26.7 Å². The first kappa shape index (κ1) is 20.3. The van der Waals surface area contributed by atoms with Crippen LogP contribution in [0.25, 0.3) is 0 Å². The van der Waals surface area contributed by atoms with Crippen LogP contribution in [0.15, 0.2) is 36.4 Å². The Morgan fingerprint density at radius 3 is 2.33 bits per heavy atom. The number of carboxylic acid groups (broad SMARTS) is 1. The molecule has 1 saturated heterocycles. The second kappa shape index (κ2) is 6.87. The Labute approximate surface area is 169 Å². The molecule has 0 amide bonds. The maximum Gasteiger partial charge on any atom is 0.335 e. The van der Waals surface area contributed by atoms with E-state index < -0.39 is 23.5 Å². The summed E-state index contributed by atoms with van der Waals surface area (Å²) in [5.74, 6) is -4.19. The number of carbonyl (C=O) groups is 1. The molecule has 3 unspecified atom stereocenters. The summed E-state index contributed by atoms with van der Waals surface area (Å²) in [6.45, 7) is 2.58. The van der Waals surface area contributed by atoms with E-state index >= 15 is 8.78 Å². The molecule has 0 aliphatic carbocycles. The Morgan fingerprint density at radius 2 is 1.78 bits per heavy atom. The lowest BCUT2D eigenvalue weighted by molar-refractivity contribution is -0.243. The number of aromatic carboxylic acids is 1. The molecule has 1 N–H and O–H groups in total. The van der Waals surface area contributed by atoms with Gasteiger partial charge in [0.1, 0.15) is 6.04 Å². The van der Waals surface area contributed by atoms with E-state index in [0.717, 1.165) is 6.92 Å². The van der Waals surface area contributed by atoms with E-state index in [4.69, 9.17) is 39.8 Å². The van der Waals surface area contributed by atoms with Gasteiger partial charge in [0.25, 0.3) is 5.85 Å². The SMILES string of the molecule is Cc1ccc(C2N(Cl)OC(F)(c3cc(Cl)cc(Cl)c3)C2(C)F)cc1C(=O)O. The zero-order chi connectivity index (χ0) is 20.1.